The van der Waals surface area contributed by atoms with E-state index in [9.17, 15) is 0 Å². The minimum atomic E-state index is 0.503. The van der Waals surface area contributed by atoms with Gasteiger partial charge in [-0.1, -0.05) is 32.6 Å². The lowest BCUT2D eigenvalue weighted by molar-refractivity contribution is 0.414. The lowest BCUT2D eigenvalue weighted by atomic mass is 9.97. The first kappa shape index (κ1) is 9.85. The van der Waals surface area contributed by atoms with Crippen LogP contribution in [0.25, 0.3) is 6.08 Å². The topological polar surface area (TPSA) is 9.23 Å². The summed E-state index contributed by atoms with van der Waals surface area (Å²) in [6.45, 7) is 8.13. The van der Waals surface area contributed by atoms with E-state index in [1.165, 1.54) is 11.1 Å². The molecule has 0 saturated heterocycles. The van der Waals surface area contributed by atoms with E-state index in [0.29, 0.717) is 5.92 Å². The highest BCUT2D eigenvalue weighted by molar-refractivity contribution is 5.55. The van der Waals surface area contributed by atoms with Crippen molar-refractivity contribution in [3.8, 4) is 5.75 Å². The molecule has 0 atom stereocenters. The smallest absolute Gasteiger partial charge is 0.119 e. The summed E-state index contributed by atoms with van der Waals surface area (Å²) in [4.78, 5) is 0. The van der Waals surface area contributed by atoms with Gasteiger partial charge in [-0.2, -0.15) is 0 Å². The van der Waals surface area contributed by atoms with Crippen LogP contribution < -0.4 is 4.74 Å². The van der Waals surface area contributed by atoms with Crippen molar-refractivity contribution in [3.63, 3.8) is 0 Å². The molecular formula is C12H16O. The zero-order valence-corrected chi connectivity index (χ0v) is 8.50. The second-order valence-electron chi connectivity index (χ2n) is 3.35. The van der Waals surface area contributed by atoms with E-state index >= 15 is 0 Å². The molecule has 1 rings (SSSR count). The average molecular weight is 176 g/mol. The van der Waals surface area contributed by atoms with E-state index in [2.05, 4.69) is 26.5 Å². The second kappa shape index (κ2) is 4.13. The normalized spacial score (nSPS) is 10.2. The van der Waals surface area contributed by atoms with Crippen LogP contribution in [-0.2, 0) is 0 Å². The highest BCUT2D eigenvalue weighted by Gasteiger charge is 2.05. The van der Waals surface area contributed by atoms with Crippen LogP contribution in [0.4, 0.5) is 0 Å². The molecule has 0 spiro atoms. The Hall–Kier alpha value is -1.24. The lowest BCUT2D eigenvalue weighted by Crippen LogP contribution is -1.93. The molecule has 0 bridgehead atoms. The highest BCUT2D eigenvalue weighted by Crippen LogP contribution is 2.25. The van der Waals surface area contributed by atoms with Gasteiger partial charge in [-0.25, -0.2) is 0 Å². The minimum Gasteiger partial charge on any atom is -0.497 e. The van der Waals surface area contributed by atoms with Crippen molar-refractivity contribution >= 4 is 6.08 Å². The molecule has 0 aliphatic carbocycles. The largest absolute Gasteiger partial charge is 0.497 e. The van der Waals surface area contributed by atoms with Crippen molar-refractivity contribution in [2.24, 2.45) is 0 Å². The van der Waals surface area contributed by atoms with E-state index < -0.39 is 0 Å². The molecule has 0 aliphatic heterocycles. The third-order valence-electron chi connectivity index (χ3n) is 2.14. The molecule has 70 valence electrons. The summed E-state index contributed by atoms with van der Waals surface area (Å²) in [5.41, 5.74) is 2.48. The molecule has 0 fully saturated rings. The van der Waals surface area contributed by atoms with Gasteiger partial charge in [0.05, 0.1) is 7.11 Å². The van der Waals surface area contributed by atoms with Crippen LogP contribution in [0.3, 0.4) is 0 Å². The van der Waals surface area contributed by atoms with Crippen molar-refractivity contribution in [1.82, 2.24) is 0 Å². The lowest BCUT2D eigenvalue weighted by Gasteiger charge is -2.11. The van der Waals surface area contributed by atoms with Gasteiger partial charge < -0.3 is 4.74 Å². The van der Waals surface area contributed by atoms with Gasteiger partial charge >= 0.3 is 0 Å². The molecule has 1 nitrogen and oxygen atoms in total. The van der Waals surface area contributed by atoms with E-state index in [1.807, 2.05) is 18.2 Å². The zero-order chi connectivity index (χ0) is 9.84. The number of hydrogen-bond donors (Lipinski definition) is 0. The molecule has 0 N–H and O–H groups in total. The molecule has 13 heavy (non-hydrogen) atoms. The molecule has 0 heterocycles. The number of ether oxygens (including phenoxy) is 1. The molecule has 1 aromatic rings. The Balaban J connectivity index is 3.17. The molecular weight excluding hydrogens is 160 g/mol. The first-order valence-electron chi connectivity index (χ1n) is 4.49. The minimum absolute atomic E-state index is 0.503. The van der Waals surface area contributed by atoms with Crippen LogP contribution >= 0.6 is 0 Å². The van der Waals surface area contributed by atoms with Gasteiger partial charge in [-0.3, -0.25) is 0 Å². The van der Waals surface area contributed by atoms with Gasteiger partial charge in [0.1, 0.15) is 5.75 Å². The van der Waals surface area contributed by atoms with Gasteiger partial charge in [0, 0.05) is 0 Å². The summed E-state index contributed by atoms with van der Waals surface area (Å²) in [7, 11) is 1.69. The molecule has 0 unspecified atom stereocenters. The monoisotopic (exact) mass is 176 g/mol. The first-order valence-corrected chi connectivity index (χ1v) is 4.49. The number of hydrogen-bond acceptors (Lipinski definition) is 1. The molecule has 0 saturated carbocycles. The number of rotatable bonds is 3. The van der Waals surface area contributed by atoms with Crippen molar-refractivity contribution in [1.29, 1.82) is 0 Å². The third-order valence-corrected chi connectivity index (χ3v) is 2.14. The fourth-order valence-electron chi connectivity index (χ4n) is 1.37. The Morgan fingerprint density at radius 3 is 2.54 bits per heavy atom. The van der Waals surface area contributed by atoms with Gasteiger partial charge in [0.2, 0.25) is 0 Å². The van der Waals surface area contributed by atoms with Crippen LogP contribution in [0.1, 0.15) is 30.9 Å². The second-order valence-corrected chi connectivity index (χ2v) is 3.35. The van der Waals surface area contributed by atoms with Crippen LogP contribution in [0.15, 0.2) is 24.8 Å². The Labute approximate surface area is 80.0 Å². The predicted molar refractivity (Wildman–Crippen MR) is 57.2 cm³/mol. The highest BCUT2D eigenvalue weighted by atomic mass is 16.5. The Bertz CT molecular complexity index is 300. The fraction of sp³-hybridized carbons (Fsp3) is 0.333. The van der Waals surface area contributed by atoms with Crippen molar-refractivity contribution in [3.05, 3.63) is 35.9 Å². The summed E-state index contributed by atoms with van der Waals surface area (Å²) >= 11 is 0. The molecule has 1 aromatic carbocycles. The maximum absolute atomic E-state index is 5.17. The molecule has 0 aliphatic rings. The van der Waals surface area contributed by atoms with Crippen LogP contribution in [0.5, 0.6) is 5.75 Å². The third kappa shape index (κ3) is 2.11. The standard InChI is InChI=1S/C12H16O/c1-5-10-6-7-11(13-4)8-12(10)9(2)3/h5-9H,1H2,2-4H3. The maximum atomic E-state index is 5.17. The summed E-state index contributed by atoms with van der Waals surface area (Å²) in [5.74, 6) is 1.41. The fourth-order valence-corrected chi connectivity index (χ4v) is 1.37. The van der Waals surface area contributed by atoms with Crippen LogP contribution in [0, 0.1) is 0 Å². The summed E-state index contributed by atoms with van der Waals surface area (Å²) in [6.07, 6.45) is 1.88. The van der Waals surface area contributed by atoms with Crippen LogP contribution in [-0.4, -0.2) is 7.11 Å². The quantitative estimate of drug-likeness (QED) is 0.685. The Kier molecular flexibility index (Phi) is 3.13. The molecule has 0 radical (unpaired) electrons. The summed E-state index contributed by atoms with van der Waals surface area (Å²) < 4.78 is 5.17. The summed E-state index contributed by atoms with van der Waals surface area (Å²) in [5, 5.41) is 0. The maximum Gasteiger partial charge on any atom is 0.119 e. The number of benzene rings is 1. The summed E-state index contributed by atoms with van der Waals surface area (Å²) in [6, 6.07) is 6.08. The Morgan fingerprint density at radius 1 is 1.38 bits per heavy atom. The SMILES string of the molecule is C=Cc1ccc(OC)cc1C(C)C. The molecule has 1 heteroatoms. The van der Waals surface area contributed by atoms with Gasteiger partial charge in [-0.05, 0) is 29.2 Å². The van der Waals surface area contributed by atoms with E-state index in [4.69, 9.17) is 4.74 Å². The van der Waals surface area contributed by atoms with E-state index in [-0.39, 0.29) is 0 Å². The predicted octanol–water partition coefficient (Wildman–Crippen LogP) is 3.46. The van der Waals surface area contributed by atoms with Crippen LogP contribution in [0.2, 0.25) is 0 Å². The zero-order valence-electron chi connectivity index (χ0n) is 8.50. The van der Waals surface area contributed by atoms with Crippen molar-refractivity contribution in [2.45, 2.75) is 19.8 Å². The number of methoxy groups -OCH3 is 1. The molecule has 0 amide bonds. The average Bonchev–Trinajstić information content (AvgIpc) is 2.16. The van der Waals surface area contributed by atoms with E-state index in [0.717, 1.165) is 5.75 Å². The van der Waals surface area contributed by atoms with Crippen molar-refractivity contribution in [2.75, 3.05) is 7.11 Å². The van der Waals surface area contributed by atoms with Gasteiger partial charge in [0.15, 0.2) is 0 Å². The van der Waals surface area contributed by atoms with E-state index in [1.54, 1.807) is 7.11 Å². The van der Waals surface area contributed by atoms with Crippen molar-refractivity contribution < 1.29 is 4.74 Å². The van der Waals surface area contributed by atoms with Gasteiger partial charge in [0.25, 0.3) is 0 Å². The Morgan fingerprint density at radius 2 is 2.08 bits per heavy atom. The molecule has 0 aromatic heterocycles. The van der Waals surface area contributed by atoms with Gasteiger partial charge in [-0.15, -0.1) is 0 Å². The first-order chi connectivity index (χ1) is 6.19.